The molecule has 4 rings (SSSR count). The molecule has 8 nitrogen and oxygen atoms in total. The number of hydrogen-bond acceptors (Lipinski definition) is 7. The lowest BCUT2D eigenvalue weighted by molar-refractivity contribution is 0.0943. The van der Waals surface area contributed by atoms with Crippen LogP contribution in [-0.2, 0) is 0 Å². The second-order valence-corrected chi connectivity index (χ2v) is 6.17. The van der Waals surface area contributed by atoms with E-state index in [1.807, 2.05) is 6.92 Å². The van der Waals surface area contributed by atoms with Crippen LogP contribution >= 0.6 is 0 Å². The summed E-state index contributed by atoms with van der Waals surface area (Å²) in [4.78, 5) is 24.6. The molecule has 0 radical (unpaired) electrons. The number of carbonyl (C=O) groups is 1. The van der Waals surface area contributed by atoms with Gasteiger partial charge in [0.05, 0.1) is 13.2 Å². The number of rotatable bonds is 7. The van der Waals surface area contributed by atoms with E-state index in [4.69, 9.17) is 23.4 Å². The van der Waals surface area contributed by atoms with Gasteiger partial charge in [-0.3, -0.25) is 4.79 Å². The lowest BCUT2D eigenvalue weighted by Crippen LogP contribution is -2.31. The molecule has 1 amide bonds. The molecule has 1 aliphatic heterocycles. The minimum atomic E-state index is -0.723. The standard InChI is InChI=1S/C21H19NO7/c1-2-25-17-5-3-4-13-10-15(21(24)29-19(13)17)20(23)22-8-9-26-14-6-7-16-18(11-14)28-12-27-16/h3-7,10-11H,2,8-9,12H2,1H3,(H,22,23). The van der Waals surface area contributed by atoms with Crippen molar-refractivity contribution >= 4 is 16.9 Å². The van der Waals surface area contributed by atoms with Gasteiger partial charge in [0, 0.05) is 11.5 Å². The molecule has 1 aliphatic rings. The van der Waals surface area contributed by atoms with Gasteiger partial charge in [0.25, 0.3) is 5.91 Å². The van der Waals surface area contributed by atoms with Crippen molar-refractivity contribution in [2.45, 2.75) is 6.92 Å². The summed E-state index contributed by atoms with van der Waals surface area (Å²) in [6.45, 7) is 2.90. The highest BCUT2D eigenvalue weighted by molar-refractivity contribution is 5.97. The lowest BCUT2D eigenvalue weighted by atomic mass is 10.1. The van der Waals surface area contributed by atoms with Crippen molar-refractivity contribution in [1.82, 2.24) is 5.32 Å². The van der Waals surface area contributed by atoms with Gasteiger partial charge in [0.1, 0.15) is 17.9 Å². The SMILES string of the molecule is CCOc1cccc2cc(C(=O)NCCOc3ccc4c(c3)OCO4)c(=O)oc12. The zero-order valence-electron chi connectivity index (χ0n) is 15.7. The molecule has 150 valence electrons. The molecule has 2 heterocycles. The Kier molecular flexibility index (Phi) is 5.24. The van der Waals surface area contributed by atoms with Crippen LogP contribution < -0.4 is 29.9 Å². The number of fused-ring (bicyclic) bond motifs is 2. The number of para-hydroxylation sites is 1. The minimum Gasteiger partial charge on any atom is -0.492 e. The molecule has 29 heavy (non-hydrogen) atoms. The molecular formula is C21H19NO7. The molecule has 0 unspecified atom stereocenters. The van der Waals surface area contributed by atoms with Crippen LogP contribution in [0.15, 0.2) is 51.7 Å². The minimum absolute atomic E-state index is 0.0748. The molecule has 1 aromatic heterocycles. The molecule has 0 atom stereocenters. The highest BCUT2D eigenvalue weighted by Gasteiger charge is 2.16. The molecular weight excluding hydrogens is 378 g/mol. The number of nitrogens with one attached hydrogen (secondary N) is 1. The first-order chi connectivity index (χ1) is 14.2. The number of benzene rings is 2. The first-order valence-electron chi connectivity index (χ1n) is 9.16. The van der Waals surface area contributed by atoms with Crippen LogP contribution in [0.25, 0.3) is 11.0 Å². The predicted molar refractivity (Wildman–Crippen MR) is 104 cm³/mol. The number of carbonyl (C=O) groups excluding carboxylic acids is 1. The Bertz CT molecular complexity index is 1110. The second kappa shape index (κ2) is 8.14. The maximum atomic E-state index is 12.4. The van der Waals surface area contributed by atoms with E-state index < -0.39 is 11.5 Å². The van der Waals surface area contributed by atoms with Crippen molar-refractivity contribution in [2.75, 3.05) is 26.6 Å². The van der Waals surface area contributed by atoms with Crippen LogP contribution in [0.4, 0.5) is 0 Å². The molecule has 0 fully saturated rings. The van der Waals surface area contributed by atoms with Gasteiger partial charge < -0.3 is 28.7 Å². The third-order valence-corrected chi connectivity index (χ3v) is 4.27. The molecule has 3 aromatic rings. The van der Waals surface area contributed by atoms with Gasteiger partial charge in [-0.25, -0.2) is 4.79 Å². The molecule has 0 saturated heterocycles. The first kappa shape index (κ1) is 18.7. The highest BCUT2D eigenvalue weighted by Crippen LogP contribution is 2.35. The Morgan fingerprint density at radius 1 is 1.10 bits per heavy atom. The molecule has 0 saturated carbocycles. The van der Waals surface area contributed by atoms with Crippen molar-refractivity contribution in [2.24, 2.45) is 0 Å². The Balaban J connectivity index is 1.39. The number of hydrogen-bond donors (Lipinski definition) is 1. The quantitative estimate of drug-likeness (QED) is 0.484. The summed E-state index contributed by atoms with van der Waals surface area (Å²) in [7, 11) is 0. The Morgan fingerprint density at radius 2 is 1.97 bits per heavy atom. The van der Waals surface area contributed by atoms with Crippen LogP contribution in [0.3, 0.4) is 0 Å². The van der Waals surface area contributed by atoms with E-state index in [-0.39, 0.29) is 25.5 Å². The normalized spacial score (nSPS) is 12.0. The van der Waals surface area contributed by atoms with Crippen LogP contribution in [0, 0.1) is 0 Å². The van der Waals surface area contributed by atoms with Crippen molar-refractivity contribution in [3.05, 3.63) is 58.4 Å². The maximum Gasteiger partial charge on any atom is 0.349 e. The van der Waals surface area contributed by atoms with Crippen LogP contribution in [0.5, 0.6) is 23.0 Å². The van der Waals surface area contributed by atoms with Crippen LogP contribution in [-0.4, -0.2) is 32.5 Å². The summed E-state index contributed by atoms with van der Waals surface area (Å²) >= 11 is 0. The van der Waals surface area contributed by atoms with E-state index in [1.54, 1.807) is 36.4 Å². The summed E-state index contributed by atoms with van der Waals surface area (Å²) in [6, 6.07) is 12.0. The van der Waals surface area contributed by atoms with Crippen molar-refractivity contribution in [1.29, 1.82) is 0 Å². The fraction of sp³-hybridized carbons (Fsp3) is 0.238. The summed E-state index contributed by atoms with van der Waals surface area (Å²) in [5.74, 6) is 1.81. The van der Waals surface area contributed by atoms with Gasteiger partial charge >= 0.3 is 5.63 Å². The summed E-state index contributed by atoms with van der Waals surface area (Å²) in [5, 5.41) is 3.26. The first-order valence-corrected chi connectivity index (χ1v) is 9.16. The monoisotopic (exact) mass is 397 g/mol. The van der Waals surface area contributed by atoms with E-state index in [9.17, 15) is 9.59 Å². The van der Waals surface area contributed by atoms with Crippen molar-refractivity contribution < 1.29 is 28.2 Å². The summed E-state index contributed by atoms with van der Waals surface area (Å²) in [5.41, 5.74) is -0.477. The van der Waals surface area contributed by atoms with E-state index in [0.29, 0.717) is 40.6 Å². The lowest BCUT2D eigenvalue weighted by Gasteiger charge is -2.09. The number of amides is 1. The Hall–Kier alpha value is -3.68. The highest BCUT2D eigenvalue weighted by atomic mass is 16.7. The van der Waals surface area contributed by atoms with Crippen molar-refractivity contribution in [3.63, 3.8) is 0 Å². The molecule has 0 spiro atoms. The summed E-state index contributed by atoms with van der Waals surface area (Å²) < 4.78 is 26.9. The fourth-order valence-electron chi connectivity index (χ4n) is 2.94. The van der Waals surface area contributed by atoms with Gasteiger partial charge in [0.15, 0.2) is 22.8 Å². The van der Waals surface area contributed by atoms with Gasteiger partial charge in [-0.2, -0.15) is 0 Å². The fourth-order valence-corrected chi connectivity index (χ4v) is 2.94. The van der Waals surface area contributed by atoms with Gasteiger partial charge in [-0.15, -0.1) is 0 Å². The number of ether oxygens (including phenoxy) is 4. The average molecular weight is 397 g/mol. The van der Waals surface area contributed by atoms with E-state index in [2.05, 4.69) is 5.32 Å². The summed E-state index contributed by atoms with van der Waals surface area (Å²) in [6.07, 6.45) is 0. The zero-order chi connectivity index (χ0) is 20.2. The zero-order valence-corrected chi connectivity index (χ0v) is 15.7. The molecule has 0 aliphatic carbocycles. The molecule has 2 aromatic carbocycles. The van der Waals surface area contributed by atoms with E-state index >= 15 is 0 Å². The van der Waals surface area contributed by atoms with E-state index in [0.717, 1.165) is 0 Å². The van der Waals surface area contributed by atoms with E-state index in [1.165, 1.54) is 6.07 Å². The van der Waals surface area contributed by atoms with Crippen LogP contribution in [0.1, 0.15) is 17.3 Å². The molecule has 8 heteroatoms. The third kappa shape index (κ3) is 3.96. The van der Waals surface area contributed by atoms with Crippen LogP contribution in [0.2, 0.25) is 0 Å². The third-order valence-electron chi connectivity index (χ3n) is 4.27. The Labute approximate surface area is 165 Å². The van der Waals surface area contributed by atoms with Crippen molar-refractivity contribution in [3.8, 4) is 23.0 Å². The van der Waals surface area contributed by atoms with Gasteiger partial charge in [-0.1, -0.05) is 12.1 Å². The Morgan fingerprint density at radius 3 is 2.83 bits per heavy atom. The smallest absolute Gasteiger partial charge is 0.349 e. The topological polar surface area (TPSA) is 96.2 Å². The van der Waals surface area contributed by atoms with Gasteiger partial charge in [0.2, 0.25) is 6.79 Å². The molecule has 1 N–H and O–H groups in total. The second-order valence-electron chi connectivity index (χ2n) is 6.17. The predicted octanol–water partition coefficient (Wildman–Crippen LogP) is 2.73. The maximum absolute atomic E-state index is 12.4. The molecule has 0 bridgehead atoms. The average Bonchev–Trinajstić information content (AvgIpc) is 3.19. The largest absolute Gasteiger partial charge is 0.492 e. The van der Waals surface area contributed by atoms with Gasteiger partial charge in [-0.05, 0) is 31.2 Å².